The monoisotopic (exact) mass is 315 g/mol. The SMILES string of the molecule is [2H]C([2H])([2H])C([2H])([2H])N(C(=O)/C(C#N)=C/c1cc(O)c(O)c([N+](=O)[O-])c1)C([2H])([2H])C([2H])([2H])[2H]. The lowest BCUT2D eigenvalue weighted by atomic mass is 10.1. The van der Waals surface area contributed by atoms with Gasteiger partial charge in [0.05, 0.1) is 4.92 Å². The highest BCUT2D eigenvalue weighted by molar-refractivity contribution is 6.01. The predicted octanol–water partition coefficient (Wildman–Crippen LogP) is 1.78. The molecular weight excluding hydrogens is 290 g/mol. The van der Waals surface area contributed by atoms with Gasteiger partial charge in [-0.1, -0.05) is 0 Å². The van der Waals surface area contributed by atoms with E-state index in [0.717, 1.165) is 0 Å². The molecule has 22 heavy (non-hydrogen) atoms. The maximum atomic E-state index is 12.8. The average molecular weight is 315 g/mol. The molecular formula is C14H15N3O5. The summed E-state index contributed by atoms with van der Waals surface area (Å²) in [7, 11) is 0. The molecule has 0 unspecified atom stereocenters. The third-order valence-electron chi connectivity index (χ3n) is 2.38. The number of phenolic OH excluding ortho intramolecular Hbond substituents is 2. The molecule has 0 radical (unpaired) electrons. The first kappa shape index (κ1) is 7.26. The molecule has 0 aliphatic rings. The number of nitro groups is 1. The first-order valence-electron chi connectivity index (χ1n) is 10.4. The number of benzene rings is 1. The van der Waals surface area contributed by atoms with E-state index < -0.39 is 70.8 Å². The van der Waals surface area contributed by atoms with Crippen LogP contribution in [0.2, 0.25) is 0 Å². The minimum atomic E-state index is -3.92. The summed E-state index contributed by atoms with van der Waals surface area (Å²) in [6.45, 7) is -15.3. The Hall–Kier alpha value is -3.08. The summed E-state index contributed by atoms with van der Waals surface area (Å²) in [5, 5.41) is 39.4. The fourth-order valence-electron chi connectivity index (χ4n) is 1.41. The molecule has 0 aromatic heterocycles. The van der Waals surface area contributed by atoms with Crippen LogP contribution in [0.25, 0.3) is 6.08 Å². The molecule has 116 valence electrons. The smallest absolute Gasteiger partial charge is 0.315 e. The van der Waals surface area contributed by atoms with E-state index in [2.05, 4.69) is 0 Å². The first-order chi connectivity index (χ1) is 14.2. The van der Waals surface area contributed by atoms with E-state index in [1.54, 1.807) is 0 Å². The Balaban J connectivity index is 3.79. The van der Waals surface area contributed by atoms with E-state index in [4.69, 9.17) is 13.7 Å². The third-order valence-corrected chi connectivity index (χ3v) is 2.38. The van der Waals surface area contributed by atoms with Gasteiger partial charge in [-0.2, -0.15) is 5.26 Å². The van der Waals surface area contributed by atoms with Crippen LogP contribution in [0.1, 0.15) is 33.0 Å². The van der Waals surface area contributed by atoms with Gasteiger partial charge < -0.3 is 15.1 Å². The second-order valence-corrected chi connectivity index (χ2v) is 3.70. The van der Waals surface area contributed by atoms with Gasteiger partial charge in [-0.25, -0.2) is 0 Å². The standard InChI is InChI=1S/C14H15N3O5/c1-3-16(4-2)14(20)10(8-15)5-9-6-11(17(21)22)13(19)12(18)7-9/h5-7,18-19H,3-4H2,1-2H3/b10-5+/i1D3,2D3,3D2,4D2. The van der Waals surface area contributed by atoms with Gasteiger partial charge in [0.2, 0.25) is 5.75 Å². The van der Waals surface area contributed by atoms with Crippen molar-refractivity contribution < 1.29 is 33.6 Å². The number of aromatic hydroxyl groups is 2. The van der Waals surface area contributed by atoms with Gasteiger partial charge in [0, 0.05) is 32.8 Å². The van der Waals surface area contributed by atoms with Crippen molar-refractivity contribution in [3.05, 3.63) is 33.4 Å². The maximum Gasteiger partial charge on any atom is 0.315 e. The zero-order valence-corrected chi connectivity index (χ0v) is 10.7. The number of phenols is 2. The minimum absolute atomic E-state index is 0.472. The highest BCUT2D eigenvalue weighted by atomic mass is 16.6. The number of likely N-dealkylation sites (N-methyl/N-ethyl adjacent to an activating group) is 1. The lowest BCUT2D eigenvalue weighted by Crippen LogP contribution is -2.31. The molecule has 0 saturated carbocycles. The van der Waals surface area contributed by atoms with E-state index in [1.165, 1.54) is 6.07 Å². The van der Waals surface area contributed by atoms with Crippen LogP contribution >= 0.6 is 0 Å². The number of nitriles is 1. The fourth-order valence-corrected chi connectivity index (χ4v) is 1.41. The first-order valence-corrected chi connectivity index (χ1v) is 5.37. The van der Waals surface area contributed by atoms with Crippen LogP contribution in [-0.4, -0.2) is 38.9 Å². The van der Waals surface area contributed by atoms with Gasteiger partial charge in [0.15, 0.2) is 5.75 Å². The van der Waals surface area contributed by atoms with Gasteiger partial charge >= 0.3 is 5.69 Å². The molecule has 0 atom stereocenters. The summed E-state index contributed by atoms with van der Waals surface area (Å²) in [6, 6.07) is 2.47. The number of hydrogen-bond donors (Lipinski definition) is 2. The summed E-state index contributed by atoms with van der Waals surface area (Å²) >= 11 is 0. The number of nitro benzene ring substituents is 1. The van der Waals surface area contributed by atoms with Gasteiger partial charge in [0.25, 0.3) is 5.91 Å². The lowest BCUT2D eigenvalue weighted by Gasteiger charge is -2.17. The van der Waals surface area contributed by atoms with Crippen molar-refractivity contribution in [2.45, 2.75) is 13.7 Å². The van der Waals surface area contributed by atoms with Crippen LogP contribution in [0, 0.1) is 21.4 Å². The highest BCUT2D eigenvalue weighted by Crippen LogP contribution is 2.36. The summed E-state index contributed by atoms with van der Waals surface area (Å²) in [5.41, 5.74) is -2.74. The zero-order valence-electron chi connectivity index (χ0n) is 20.7. The number of carbonyl (C=O) groups is 1. The van der Waals surface area contributed by atoms with Crippen molar-refractivity contribution >= 4 is 17.7 Å². The van der Waals surface area contributed by atoms with Crippen molar-refractivity contribution in [3.63, 3.8) is 0 Å². The van der Waals surface area contributed by atoms with Crippen LogP contribution in [0.3, 0.4) is 0 Å². The van der Waals surface area contributed by atoms with Crippen molar-refractivity contribution in [2.75, 3.05) is 13.0 Å². The predicted molar refractivity (Wildman–Crippen MR) is 77.9 cm³/mol. The molecule has 0 spiro atoms. The molecule has 0 fully saturated rings. The summed E-state index contributed by atoms with van der Waals surface area (Å²) < 4.78 is 74.5. The molecule has 8 nitrogen and oxygen atoms in total. The van der Waals surface area contributed by atoms with Crippen molar-refractivity contribution in [3.8, 4) is 17.6 Å². The molecule has 8 heteroatoms. The number of amides is 1. The highest BCUT2D eigenvalue weighted by Gasteiger charge is 2.20. The van der Waals surface area contributed by atoms with E-state index >= 15 is 0 Å². The number of nitrogens with zero attached hydrogens (tertiary/aromatic N) is 3. The largest absolute Gasteiger partial charge is 0.504 e. The fraction of sp³-hybridized carbons (Fsp3) is 0.286. The molecule has 0 saturated heterocycles. The Bertz CT molecular complexity index is 984. The van der Waals surface area contributed by atoms with Crippen molar-refractivity contribution in [1.29, 1.82) is 5.26 Å². The van der Waals surface area contributed by atoms with Crippen LogP contribution < -0.4 is 0 Å². The van der Waals surface area contributed by atoms with Gasteiger partial charge in [-0.3, -0.25) is 14.9 Å². The summed E-state index contributed by atoms with van der Waals surface area (Å²) in [6.07, 6.45) is 0.493. The minimum Gasteiger partial charge on any atom is -0.504 e. The van der Waals surface area contributed by atoms with E-state index in [1.807, 2.05) is 0 Å². The quantitative estimate of drug-likeness (QED) is 0.280. The maximum absolute atomic E-state index is 12.8. The Morgan fingerprint density at radius 3 is 2.68 bits per heavy atom. The molecule has 1 aromatic carbocycles. The van der Waals surface area contributed by atoms with Gasteiger partial charge in [-0.15, -0.1) is 0 Å². The summed E-state index contributed by atoms with van der Waals surface area (Å²) in [5.74, 6) is -4.18. The Morgan fingerprint density at radius 2 is 2.18 bits per heavy atom. The van der Waals surface area contributed by atoms with Crippen molar-refractivity contribution in [2.24, 2.45) is 0 Å². The van der Waals surface area contributed by atoms with Crippen LogP contribution in [0.15, 0.2) is 17.7 Å². The lowest BCUT2D eigenvalue weighted by molar-refractivity contribution is -0.386. The molecule has 0 aliphatic heterocycles. The normalized spacial score (nSPS) is 20.0. The zero-order chi connectivity index (χ0) is 25.4. The number of carbonyl (C=O) groups excluding carboxylic acids is 1. The van der Waals surface area contributed by atoms with Gasteiger partial charge in [-0.05, 0) is 31.4 Å². The Labute approximate surface area is 140 Å². The third kappa shape index (κ3) is 3.52. The Morgan fingerprint density at radius 1 is 1.55 bits per heavy atom. The Kier molecular flexibility index (Phi) is 2.34. The van der Waals surface area contributed by atoms with E-state index in [-0.39, 0.29) is 0 Å². The number of hydrogen-bond acceptors (Lipinski definition) is 6. The molecule has 0 aliphatic carbocycles. The summed E-state index contributed by atoms with van der Waals surface area (Å²) in [4.78, 5) is 21.9. The van der Waals surface area contributed by atoms with Crippen LogP contribution in [-0.2, 0) is 4.79 Å². The average Bonchev–Trinajstić information content (AvgIpc) is 2.59. The number of rotatable bonds is 5. The van der Waals surface area contributed by atoms with Crippen LogP contribution in [0.4, 0.5) is 5.69 Å². The second-order valence-electron chi connectivity index (χ2n) is 3.70. The van der Waals surface area contributed by atoms with Crippen LogP contribution in [0.5, 0.6) is 11.5 Å². The molecule has 0 bridgehead atoms. The molecule has 2 N–H and O–H groups in total. The molecule has 1 aromatic rings. The molecule has 1 rings (SSSR count). The van der Waals surface area contributed by atoms with Crippen molar-refractivity contribution in [1.82, 2.24) is 4.90 Å². The van der Waals surface area contributed by atoms with Gasteiger partial charge in [0.1, 0.15) is 11.6 Å². The van der Waals surface area contributed by atoms with E-state index in [9.17, 15) is 30.4 Å². The topological polar surface area (TPSA) is 128 Å². The van der Waals surface area contributed by atoms with E-state index in [0.29, 0.717) is 18.2 Å². The second kappa shape index (κ2) is 7.08. The molecule has 1 amide bonds. The molecule has 0 heterocycles.